The lowest BCUT2D eigenvalue weighted by atomic mass is 9.92. The number of hydrogen-bond acceptors (Lipinski definition) is 4. The van der Waals surface area contributed by atoms with E-state index in [-0.39, 0.29) is 10.7 Å². The van der Waals surface area contributed by atoms with Crippen molar-refractivity contribution < 1.29 is 14.3 Å². The summed E-state index contributed by atoms with van der Waals surface area (Å²) in [6.45, 7) is 11.4. The van der Waals surface area contributed by atoms with Gasteiger partial charge in [0.15, 0.2) is 0 Å². The minimum Gasteiger partial charge on any atom is -0.497 e. The minimum atomic E-state index is -0.542. The number of amides is 1. The average molecular weight is 428 g/mol. The van der Waals surface area contributed by atoms with Crippen molar-refractivity contribution in [2.24, 2.45) is 5.41 Å². The molecule has 1 aliphatic rings. The normalized spacial score (nSPS) is 15.9. The summed E-state index contributed by atoms with van der Waals surface area (Å²) in [6.07, 6.45) is 1.97. The second-order valence-electron chi connectivity index (χ2n) is 8.38. The molecule has 0 aromatic heterocycles. The quantitative estimate of drug-likeness (QED) is 0.488. The number of fused-ring (bicyclic) bond motifs is 1. The molecule has 0 bridgehead atoms. The monoisotopic (exact) mass is 427 g/mol. The molecule has 0 unspecified atom stereocenters. The molecule has 1 amide bonds. The van der Waals surface area contributed by atoms with Crippen LogP contribution in [0.2, 0.25) is 0 Å². The number of anilines is 1. The summed E-state index contributed by atoms with van der Waals surface area (Å²) in [5.74, 6) is 1.78. The molecule has 0 fully saturated rings. The molecule has 0 aliphatic carbocycles. The second-order valence-corrected chi connectivity index (χ2v) is 9.84. The number of carbonyl (C=O) groups is 1. The van der Waals surface area contributed by atoms with Crippen LogP contribution in [0.3, 0.4) is 0 Å². The molecule has 0 N–H and O–H groups in total. The van der Waals surface area contributed by atoms with Gasteiger partial charge in [-0.3, -0.25) is 4.79 Å². The second kappa shape index (κ2) is 8.93. The van der Waals surface area contributed by atoms with Crippen LogP contribution in [0.4, 0.5) is 5.69 Å². The van der Waals surface area contributed by atoms with E-state index in [0.717, 1.165) is 30.0 Å². The Morgan fingerprint density at radius 1 is 1.10 bits per heavy atom. The van der Waals surface area contributed by atoms with Crippen LogP contribution < -0.4 is 14.4 Å². The Balaban J connectivity index is 2.00. The number of ether oxygens (including phenoxy) is 2. The third-order valence-electron chi connectivity index (χ3n) is 6.02. The van der Waals surface area contributed by atoms with Crippen LogP contribution >= 0.6 is 11.8 Å². The molecule has 0 saturated carbocycles. The van der Waals surface area contributed by atoms with Crippen LogP contribution in [0.5, 0.6) is 11.5 Å². The van der Waals surface area contributed by atoms with E-state index in [0.29, 0.717) is 13.2 Å². The first-order chi connectivity index (χ1) is 14.3. The maximum absolute atomic E-state index is 13.0. The maximum atomic E-state index is 13.0. The van der Waals surface area contributed by atoms with Crippen molar-refractivity contribution >= 4 is 23.4 Å². The standard InChI is InChI=1S/C25H33NO3S/c1-7-25(8-2,30-20-13-11-19(28-6)12-14-20)18-10-15-21-22(16-18)29-17-24(4,5)23(27)26(21)9-3/h10-16H,7-9,17H2,1-6H3. The number of thioether (sulfide) groups is 1. The van der Waals surface area contributed by atoms with E-state index in [1.165, 1.54) is 10.5 Å². The molecule has 2 aromatic carbocycles. The highest BCUT2D eigenvalue weighted by molar-refractivity contribution is 8.00. The fourth-order valence-corrected chi connectivity index (χ4v) is 5.23. The van der Waals surface area contributed by atoms with Crippen molar-refractivity contribution in [2.45, 2.75) is 57.1 Å². The molecule has 162 valence electrons. The van der Waals surface area contributed by atoms with Crippen molar-refractivity contribution in [3.63, 3.8) is 0 Å². The third kappa shape index (κ3) is 4.18. The first kappa shape index (κ1) is 22.5. The lowest BCUT2D eigenvalue weighted by Gasteiger charge is -2.33. The van der Waals surface area contributed by atoms with E-state index >= 15 is 0 Å². The van der Waals surface area contributed by atoms with Crippen molar-refractivity contribution in [2.75, 3.05) is 25.2 Å². The number of hydrogen-bond donors (Lipinski definition) is 0. The average Bonchev–Trinajstić information content (AvgIpc) is 2.86. The summed E-state index contributed by atoms with van der Waals surface area (Å²) in [6, 6.07) is 14.6. The van der Waals surface area contributed by atoms with Gasteiger partial charge in [-0.05, 0) is 75.6 Å². The fourth-order valence-electron chi connectivity index (χ4n) is 3.98. The Morgan fingerprint density at radius 2 is 1.77 bits per heavy atom. The van der Waals surface area contributed by atoms with Crippen molar-refractivity contribution in [3.8, 4) is 11.5 Å². The molecular formula is C25H33NO3S. The van der Waals surface area contributed by atoms with E-state index in [2.05, 4.69) is 44.2 Å². The molecule has 0 saturated heterocycles. The smallest absolute Gasteiger partial charge is 0.236 e. The number of nitrogens with zero attached hydrogens (tertiary/aromatic N) is 1. The Kier molecular flexibility index (Phi) is 6.71. The largest absolute Gasteiger partial charge is 0.497 e. The number of rotatable bonds is 7. The lowest BCUT2D eigenvalue weighted by molar-refractivity contribution is -0.127. The van der Waals surface area contributed by atoms with Gasteiger partial charge in [0.25, 0.3) is 0 Å². The van der Waals surface area contributed by atoms with Crippen LogP contribution in [-0.4, -0.2) is 26.2 Å². The van der Waals surface area contributed by atoms with Gasteiger partial charge in [-0.15, -0.1) is 11.8 Å². The summed E-state index contributed by atoms with van der Waals surface area (Å²) in [4.78, 5) is 16.0. The number of methoxy groups -OCH3 is 1. The molecule has 5 heteroatoms. The van der Waals surface area contributed by atoms with Gasteiger partial charge in [0.05, 0.1) is 18.2 Å². The lowest BCUT2D eigenvalue weighted by Crippen LogP contribution is -2.42. The van der Waals surface area contributed by atoms with E-state index in [1.54, 1.807) is 7.11 Å². The zero-order valence-electron chi connectivity index (χ0n) is 19.0. The number of benzene rings is 2. The van der Waals surface area contributed by atoms with Gasteiger partial charge in [-0.25, -0.2) is 0 Å². The van der Waals surface area contributed by atoms with Gasteiger partial charge in [0.2, 0.25) is 5.91 Å². The van der Waals surface area contributed by atoms with Gasteiger partial charge in [-0.1, -0.05) is 19.9 Å². The molecule has 30 heavy (non-hydrogen) atoms. The summed E-state index contributed by atoms with van der Waals surface area (Å²) < 4.78 is 11.4. The predicted molar refractivity (Wildman–Crippen MR) is 125 cm³/mol. The SMILES string of the molecule is CCN1C(=O)C(C)(C)COc2cc(C(CC)(CC)Sc3ccc(OC)cc3)ccc21. The molecule has 1 aliphatic heterocycles. The Morgan fingerprint density at radius 3 is 2.33 bits per heavy atom. The molecule has 2 aromatic rings. The molecule has 3 rings (SSSR count). The van der Waals surface area contributed by atoms with Crippen LogP contribution in [0.1, 0.15) is 53.0 Å². The number of carbonyl (C=O) groups excluding carboxylic acids is 1. The summed E-state index contributed by atoms with van der Waals surface area (Å²) in [5, 5.41) is 0. The van der Waals surface area contributed by atoms with Crippen molar-refractivity contribution in [1.29, 1.82) is 0 Å². The van der Waals surface area contributed by atoms with Crippen molar-refractivity contribution in [3.05, 3.63) is 48.0 Å². The molecule has 4 nitrogen and oxygen atoms in total. The Labute approximate surface area is 184 Å². The van der Waals surface area contributed by atoms with E-state index in [9.17, 15) is 4.79 Å². The van der Waals surface area contributed by atoms with Gasteiger partial charge in [-0.2, -0.15) is 0 Å². The highest BCUT2D eigenvalue weighted by Crippen LogP contribution is 2.49. The van der Waals surface area contributed by atoms with Crippen molar-refractivity contribution in [1.82, 2.24) is 0 Å². The molecule has 0 radical (unpaired) electrons. The van der Waals surface area contributed by atoms with Crippen LogP contribution in [0.15, 0.2) is 47.4 Å². The Hall–Kier alpha value is -2.14. The zero-order valence-corrected chi connectivity index (χ0v) is 19.8. The summed E-state index contributed by atoms with van der Waals surface area (Å²) in [5.41, 5.74) is 1.56. The summed E-state index contributed by atoms with van der Waals surface area (Å²) in [7, 11) is 1.69. The first-order valence-corrected chi connectivity index (χ1v) is 11.5. The summed E-state index contributed by atoms with van der Waals surface area (Å²) >= 11 is 1.88. The maximum Gasteiger partial charge on any atom is 0.236 e. The van der Waals surface area contributed by atoms with E-state index in [1.807, 2.05) is 49.6 Å². The Bertz CT molecular complexity index is 888. The molecule has 0 atom stereocenters. The van der Waals surface area contributed by atoms with Crippen LogP contribution in [0, 0.1) is 5.41 Å². The fraction of sp³-hybridized carbons (Fsp3) is 0.480. The van der Waals surface area contributed by atoms with E-state index in [4.69, 9.17) is 9.47 Å². The van der Waals surface area contributed by atoms with Gasteiger partial charge >= 0.3 is 0 Å². The van der Waals surface area contributed by atoms with Crippen LogP contribution in [0.25, 0.3) is 0 Å². The van der Waals surface area contributed by atoms with Crippen LogP contribution in [-0.2, 0) is 9.54 Å². The third-order valence-corrected chi connectivity index (χ3v) is 7.73. The van der Waals surface area contributed by atoms with Gasteiger partial charge in [0.1, 0.15) is 18.1 Å². The van der Waals surface area contributed by atoms with E-state index < -0.39 is 5.41 Å². The van der Waals surface area contributed by atoms with Gasteiger partial charge in [0, 0.05) is 16.2 Å². The zero-order chi connectivity index (χ0) is 21.9. The highest BCUT2D eigenvalue weighted by atomic mass is 32.2. The molecular weight excluding hydrogens is 394 g/mol. The first-order valence-electron chi connectivity index (χ1n) is 10.7. The topological polar surface area (TPSA) is 38.8 Å². The predicted octanol–water partition coefficient (Wildman–Crippen LogP) is 6.27. The van der Waals surface area contributed by atoms with Gasteiger partial charge < -0.3 is 14.4 Å². The molecule has 0 spiro atoms. The minimum absolute atomic E-state index is 0.0736. The highest BCUT2D eigenvalue weighted by Gasteiger charge is 2.38. The molecule has 1 heterocycles.